The molecule has 0 atom stereocenters. The lowest BCUT2D eigenvalue weighted by molar-refractivity contribution is -0.115. The van der Waals surface area contributed by atoms with Gasteiger partial charge in [0.15, 0.2) is 0 Å². The molecule has 0 aliphatic rings. The third-order valence-electron chi connectivity index (χ3n) is 5.28. The van der Waals surface area contributed by atoms with Crippen molar-refractivity contribution in [3.05, 3.63) is 108 Å². The Morgan fingerprint density at radius 1 is 0.774 bits per heavy atom. The third kappa shape index (κ3) is 4.64. The van der Waals surface area contributed by atoms with Crippen molar-refractivity contribution < 1.29 is 9.59 Å². The normalized spacial score (nSPS) is 10.6. The SMILES string of the molecule is CCN(C(=O)c1ccc(NC(=O)Cc2cccc3ccccc23)cc1)c1ccccc1. The van der Waals surface area contributed by atoms with Crippen molar-refractivity contribution in [1.82, 2.24) is 0 Å². The first-order valence-corrected chi connectivity index (χ1v) is 10.4. The molecule has 4 heteroatoms. The van der Waals surface area contributed by atoms with Crippen LogP contribution in [0.4, 0.5) is 11.4 Å². The first kappa shape index (κ1) is 20.4. The number of benzene rings is 4. The predicted octanol–water partition coefficient (Wildman–Crippen LogP) is 5.69. The monoisotopic (exact) mass is 408 g/mol. The molecule has 2 amide bonds. The number of nitrogens with zero attached hydrogens (tertiary/aromatic N) is 1. The molecule has 4 nitrogen and oxygen atoms in total. The van der Waals surface area contributed by atoms with Crippen LogP contribution in [0.5, 0.6) is 0 Å². The van der Waals surface area contributed by atoms with Crippen molar-refractivity contribution >= 4 is 34.0 Å². The van der Waals surface area contributed by atoms with E-state index in [0.717, 1.165) is 22.0 Å². The van der Waals surface area contributed by atoms with Crippen molar-refractivity contribution in [2.45, 2.75) is 13.3 Å². The van der Waals surface area contributed by atoms with Gasteiger partial charge in [-0.25, -0.2) is 0 Å². The standard InChI is InChI=1S/C27H24N2O2/c1-2-29(24-12-4-3-5-13-24)27(31)21-15-17-23(18-16-21)28-26(30)19-22-11-8-10-20-9-6-7-14-25(20)22/h3-18H,2,19H2,1H3,(H,28,30). The molecule has 31 heavy (non-hydrogen) atoms. The van der Waals surface area contributed by atoms with E-state index in [9.17, 15) is 9.59 Å². The van der Waals surface area contributed by atoms with Crippen LogP contribution in [-0.4, -0.2) is 18.4 Å². The zero-order valence-electron chi connectivity index (χ0n) is 17.4. The molecule has 0 unspecified atom stereocenters. The zero-order valence-corrected chi connectivity index (χ0v) is 17.4. The average molecular weight is 409 g/mol. The van der Waals surface area contributed by atoms with Crippen LogP contribution in [0.1, 0.15) is 22.8 Å². The van der Waals surface area contributed by atoms with E-state index in [1.54, 1.807) is 29.2 Å². The number of fused-ring (bicyclic) bond motifs is 1. The molecule has 0 saturated carbocycles. The first-order chi connectivity index (χ1) is 15.2. The van der Waals surface area contributed by atoms with Gasteiger partial charge in [-0.2, -0.15) is 0 Å². The Labute approximate surface area is 182 Å². The number of hydrogen-bond acceptors (Lipinski definition) is 2. The van der Waals surface area contributed by atoms with E-state index in [1.807, 2.05) is 79.7 Å². The van der Waals surface area contributed by atoms with Gasteiger partial charge in [0.2, 0.25) is 5.91 Å². The molecule has 0 aliphatic heterocycles. The van der Waals surface area contributed by atoms with Crippen LogP contribution in [0.3, 0.4) is 0 Å². The zero-order chi connectivity index (χ0) is 21.6. The van der Waals surface area contributed by atoms with Crippen molar-refractivity contribution in [2.24, 2.45) is 0 Å². The summed E-state index contributed by atoms with van der Waals surface area (Å²) in [6.07, 6.45) is 0.291. The fourth-order valence-electron chi connectivity index (χ4n) is 3.73. The van der Waals surface area contributed by atoms with E-state index in [2.05, 4.69) is 5.32 Å². The number of nitrogens with one attached hydrogen (secondary N) is 1. The summed E-state index contributed by atoms with van der Waals surface area (Å²) >= 11 is 0. The molecule has 0 aliphatic carbocycles. The summed E-state index contributed by atoms with van der Waals surface area (Å²) in [4.78, 5) is 27.2. The van der Waals surface area contributed by atoms with Crippen LogP contribution in [0.2, 0.25) is 0 Å². The second-order valence-corrected chi connectivity index (χ2v) is 7.33. The third-order valence-corrected chi connectivity index (χ3v) is 5.28. The molecule has 0 bridgehead atoms. The quantitative estimate of drug-likeness (QED) is 0.446. The molecule has 0 saturated heterocycles. The summed E-state index contributed by atoms with van der Waals surface area (Å²) in [5.74, 6) is -0.155. The number of hydrogen-bond donors (Lipinski definition) is 1. The minimum Gasteiger partial charge on any atom is -0.326 e. The summed E-state index contributed by atoms with van der Waals surface area (Å²) < 4.78 is 0. The van der Waals surface area contributed by atoms with Gasteiger partial charge in [-0.05, 0) is 59.7 Å². The number of amides is 2. The lowest BCUT2D eigenvalue weighted by Crippen LogP contribution is -2.30. The van der Waals surface area contributed by atoms with Gasteiger partial charge >= 0.3 is 0 Å². The summed E-state index contributed by atoms with van der Waals surface area (Å²) in [7, 11) is 0. The molecular formula is C27H24N2O2. The van der Waals surface area contributed by atoms with Crippen LogP contribution in [0, 0.1) is 0 Å². The van der Waals surface area contributed by atoms with Crippen LogP contribution in [0.25, 0.3) is 10.8 Å². The maximum atomic E-state index is 12.9. The molecular weight excluding hydrogens is 384 g/mol. The van der Waals surface area contributed by atoms with Gasteiger partial charge in [-0.3, -0.25) is 9.59 Å². The smallest absolute Gasteiger partial charge is 0.258 e. The highest BCUT2D eigenvalue weighted by Crippen LogP contribution is 2.20. The summed E-state index contributed by atoms with van der Waals surface area (Å²) in [5.41, 5.74) is 3.11. The van der Waals surface area contributed by atoms with E-state index in [1.165, 1.54) is 0 Å². The van der Waals surface area contributed by atoms with Crippen LogP contribution in [-0.2, 0) is 11.2 Å². The Morgan fingerprint density at radius 2 is 1.45 bits per heavy atom. The number of para-hydroxylation sites is 1. The van der Waals surface area contributed by atoms with Crippen LogP contribution >= 0.6 is 0 Å². The topological polar surface area (TPSA) is 49.4 Å². The van der Waals surface area contributed by atoms with E-state index >= 15 is 0 Å². The number of carbonyl (C=O) groups excluding carboxylic acids is 2. The van der Waals surface area contributed by atoms with Gasteiger partial charge < -0.3 is 10.2 Å². The second-order valence-electron chi connectivity index (χ2n) is 7.33. The van der Waals surface area contributed by atoms with Gasteiger partial charge in [-0.15, -0.1) is 0 Å². The Kier molecular flexibility index (Phi) is 6.08. The highest BCUT2D eigenvalue weighted by molar-refractivity contribution is 6.06. The van der Waals surface area contributed by atoms with Gasteiger partial charge in [-0.1, -0.05) is 60.7 Å². The Bertz CT molecular complexity index is 1200. The van der Waals surface area contributed by atoms with Gasteiger partial charge in [0, 0.05) is 23.5 Å². The van der Waals surface area contributed by atoms with E-state index in [-0.39, 0.29) is 11.8 Å². The number of carbonyl (C=O) groups is 2. The molecule has 0 aromatic heterocycles. The van der Waals surface area contributed by atoms with Crippen molar-refractivity contribution in [1.29, 1.82) is 0 Å². The molecule has 0 radical (unpaired) electrons. The fourth-order valence-corrected chi connectivity index (χ4v) is 3.73. The summed E-state index contributed by atoms with van der Waals surface area (Å²) in [5, 5.41) is 5.14. The number of anilines is 2. The molecule has 4 aromatic rings. The minimum atomic E-state index is -0.0881. The van der Waals surface area contributed by atoms with Crippen LogP contribution < -0.4 is 10.2 Å². The van der Waals surface area contributed by atoms with Gasteiger partial charge in [0.25, 0.3) is 5.91 Å². The highest BCUT2D eigenvalue weighted by atomic mass is 16.2. The largest absolute Gasteiger partial charge is 0.326 e. The Hall–Kier alpha value is -3.92. The predicted molar refractivity (Wildman–Crippen MR) is 127 cm³/mol. The summed E-state index contributed by atoms with van der Waals surface area (Å²) in [6, 6.07) is 30.7. The van der Waals surface area contributed by atoms with Crippen molar-refractivity contribution in [2.75, 3.05) is 16.8 Å². The molecule has 4 rings (SSSR count). The van der Waals surface area contributed by atoms with Crippen molar-refractivity contribution in [3.8, 4) is 0 Å². The highest BCUT2D eigenvalue weighted by Gasteiger charge is 2.16. The molecule has 1 N–H and O–H groups in total. The Balaban J connectivity index is 1.44. The fraction of sp³-hybridized carbons (Fsp3) is 0.111. The average Bonchev–Trinajstić information content (AvgIpc) is 2.81. The van der Waals surface area contributed by atoms with Crippen molar-refractivity contribution in [3.63, 3.8) is 0 Å². The van der Waals surface area contributed by atoms with E-state index < -0.39 is 0 Å². The van der Waals surface area contributed by atoms with E-state index in [0.29, 0.717) is 24.2 Å². The lowest BCUT2D eigenvalue weighted by Gasteiger charge is -2.21. The maximum absolute atomic E-state index is 12.9. The molecule has 0 heterocycles. The minimum absolute atomic E-state index is 0.0673. The molecule has 154 valence electrons. The molecule has 0 spiro atoms. The molecule has 0 fully saturated rings. The molecule has 4 aromatic carbocycles. The first-order valence-electron chi connectivity index (χ1n) is 10.4. The van der Waals surface area contributed by atoms with Gasteiger partial charge in [0.1, 0.15) is 0 Å². The summed E-state index contributed by atoms with van der Waals surface area (Å²) in [6.45, 7) is 2.53. The number of rotatable bonds is 6. The second kappa shape index (κ2) is 9.26. The Morgan fingerprint density at radius 3 is 2.19 bits per heavy atom. The lowest BCUT2D eigenvalue weighted by atomic mass is 10.0. The van der Waals surface area contributed by atoms with E-state index in [4.69, 9.17) is 0 Å². The van der Waals surface area contributed by atoms with Gasteiger partial charge in [0.05, 0.1) is 6.42 Å². The van der Waals surface area contributed by atoms with Crippen LogP contribution in [0.15, 0.2) is 97.1 Å². The maximum Gasteiger partial charge on any atom is 0.258 e.